The molecule has 0 atom stereocenters. The number of nitrogens with two attached hydrogens (primary N) is 1. The molecule has 13 heavy (non-hydrogen) atoms. The van der Waals surface area contributed by atoms with Gasteiger partial charge < -0.3 is 11.1 Å². The Morgan fingerprint density at radius 2 is 2.46 bits per heavy atom. The Morgan fingerprint density at radius 1 is 1.62 bits per heavy atom. The largest absolute Gasteiger partial charge is 0.368 e. The van der Waals surface area contributed by atoms with Crippen LogP contribution in [0.15, 0.2) is 23.4 Å². The van der Waals surface area contributed by atoms with Crippen LogP contribution >= 0.6 is 0 Å². The molecule has 5 nitrogen and oxygen atoms in total. The number of hydrogen-bond acceptors (Lipinski definition) is 4. The maximum Gasteiger partial charge on any atom is 0.248 e. The van der Waals surface area contributed by atoms with Crippen molar-refractivity contribution in [2.75, 3.05) is 11.1 Å². The van der Waals surface area contributed by atoms with Crippen molar-refractivity contribution in [1.29, 1.82) is 0 Å². The Morgan fingerprint density at radius 3 is 3.00 bits per heavy atom. The summed E-state index contributed by atoms with van der Waals surface area (Å²) >= 11 is 0. The number of aromatic amines is 1. The highest BCUT2D eigenvalue weighted by Gasteiger charge is 2.06. The molecule has 0 spiro atoms. The molecule has 0 amide bonds. The normalized spacial score (nSPS) is 15.5. The zero-order chi connectivity index (χ0) is 9.26. The van der Waals surface area contributed by atoms with Crippen molar-refractivity contribution in [3.63, 3.8) is 0 Å². The molecule has 1 heterocycles. The van der Waals surface area contributed by atoms with Crippen LogP contribution in [-0.4, -0.2) is 15.2 Å². The topological polar surface area (TPSA) is 79.6 Å². The molecule has 0 bridgehead atoms. The summed E-state index contributed by atoms with van der Waals surface area (Å²) in [5.74, 6) is 0.834. The smallest absolute Gasteiger partial charge is 0.248 e. The molecule has 68 valence electrons. The maximum atomic E-state index is 5.38. The van der Waals surface area contributed by atoms with Gasteiger partial charge in [0.05, 0.1) is 0 Å². The molecule has 1 aliphatic carbocycles. The van der Waals surface area contributed by atoms with E-state index in [2.05, 4.69) is 33.5 Å². The van der Waals surface area contributed by atoms with E-state index in [1.807, 2.05) is 6.08 Å². The van der Waals surface area contributed by atoms with Crippen LogP contribution in [0.25, 0.3) is 0 Å². The average molecular weight is 177 g/mol. The van der Waals surface area contributed by atoms with Crippen LogP contribution in [0, 0.1) is 0 Å². The van der Waals surface area contributed by atoms with Gasteiger partial charge >= 0.3 is 0 Å². The van der Waals surface area contributed by atoms with Gasteiger partial charge in [-0.15, -0.1) is 5.10 Å². The molecule has 0 radical (unpaired) electrons. The summed E-state index contributed by atoms with van der Waals surface area (Å²) < 4.78 is 0. The molecular formula is C8H11N5. The van der Waals surface area contributed by atoms with Crippen LogP contribution in [-0.2, 0) is 0 Å². The van der Waals surface area contributed by atoms with E-state index in [4.69, 9.17) is 5.73 Å². The van der Waals surface area contributed by atoms with E-state index < -0.39 is 0 Å². The first kappa shape index (κ1) is 7.85. The lowest BCUT2D eigenvalue weighted by Crippen LogP contribution is -1.99. The van der Waals surface area contributed by atoms with Crippen molar-refractivity contribution in [3.05, 3.63) is 23.4 Å². The second kappa shape index (κ2) is 2.93. The van der Waals surface area contributed by atoms with Crippen LogP contribution in [0.2, 0.25) is 0 Å². The third-order valence-electron chi connectivity index (χ3n) is 1.92. The molecule has 0 unspecified atom stereocenters. The lowest BCUT2D eigenvalue weighted by atomic mass is 10.2. The second-order valence-electron chi connectivity index (χ2n) is 2.97. The van der Waals surface area contributed by atoms with Crippen LogP contribution in [0.5, 0.6) is 0 Å². The summed E-state index contributed by atoms with van der Waals surface area (Å²) in [6.45, 7) is 2.07. The summed E-state index contributed by atoms with van der Waals surface area (Å²) in [4.78, 5) is 3.94. The molecule has 1 aromatic rings. The van der Waals surface area contributed by atoms with Gasteiger partial charge in [-0.2, -0.15) is 4.98 Å². The van der Waals surface area contributed by atoms with E-state index in [-0.39, 0.29) is 0 Å². The fraction of sp³-hybridized carbons (Fsp3) is 0.250. The first-order chi connectivity index (χ1) is 6.25. The quantitative estimate of drug-likeness (QED) is 0.630. The van der Waals surface area contributed by atoms with E-state index in [1.54, 1.807) is 0 Å². The molecule has 4 N–H and O–H groups in total. The van der Waals surface area contributed by atoms with E-state index in [0.29, 0.717) is 11.9 Å². The number of nitrogens with zero attached hydrogens (tertiary/aromatic N) is 2. The average Bonchev–Trinajstić information content (AvgIpc) is 2.64. The molecular weight excluding hydrogens is 166 g/mol. The van der Waals surface area contributed by atoms with Gasteiger partial charge in [-0.1, -0.05) is 6.08 Å². The van der Waals surface area contributed by atoms with E-state index >= 15 is 0 Å². The Bertz CT molecular complexity index is 374. The van der Waals surface area contributed by atoms with E-state index in [1.165, 1.54) is 5.57 Å². The summed E-state index contributed by atoms with van der Waals surface area (Å²) in [6, 6.07) is 0. The van der Waals surface area contributed by atoms with Gasteiger partial charge in [-0.05, 0) is 25.0 Å². The summed E-state index contributed by atoms with van der Waals surface area (Å²) in [7, 11) is 0. The van der Waals surface area contributed by atoms with Gasteiger partial charge in [0, 0.05) is 5.70 Å². The Balaban J connectivity index is 2.14. The van der Waals surface area contributed by atoms with Crippen molar-refractivity contribution < 1.29 is 0 Å². The van der Waals surface area contributed by atoms with Crippen molar-refractivity contribution in [3.8, 4) is 0 Å². The highest BCUT2D eigenvalue weighted by atomic mass is 15.3. The van der Waals surface area contributed by atoms with Crippen LogP contribution in [0.1, 0.15) is 13.3 Å². The minimum absolute atomic E-state index is 0.322. The van der Waals surface area contributed by atoms with Gasteiger partial charge in [0.1, 0.15) is 0 Å². The van der Waals surface area contributed by atoms with Gasteiger partial charge in [0.25, 0.3) is 0 Å². The first-order valence-corrected chi connectivity index (χ1v) is 4.07. The number of nitrogens with one attached hydrogen (secondary N) is 2. The number of hydrogen-bond donors (Lipinski definition) is 3. The third kappa shape index (κ3) is 1.53. The first-order valence-electron chi connectivity index (χ1n) is 4.07. The molecule has 0 aromatic carbocycles. The summed E-state index contributed by atoms with van der Waals surface area (Å²) in [5.41, 5.74) is 7.72. The second-order valence-corrected chi connectivity index (χ2v) is 2.97. The third-order valence-corrected chi connectivity index (χ3v) is 1.92. The van der Waals surface area contributed by atoms with Crippen molar-refractivity contribution >= 4 is 11.9 Å². The SMILES string of the molecule is CC1=C(Nc2n[nH]c(N)n2)C=CC1. The number of rotatable bonds is 2. The zero-order valence-electron chi connectivity index (χ0n) is 7.33. The lowest BCUT2D eigenvalue weighted by Gasteiger charge is -2.01. The van der Waals surface area contributed by atoms with Crippen molar-refractivity contribution in [2.24, 2.45) is 0 Å². The molecule has 0 saturated carbocycles. The fourth-order valence-corrected chi connectivity index (χ4v) is 1.20. The van der Waals surface area contributed by atoms with Crippen LogP contribution in [0.4, 0.5) is 11.9 Å². The monoisotopic (exact) mass is 177 g/mol. The molecule has 0 aliphatic heterocycles. The molecule has 0 fully saturated rings. The fourth-order valence-electron chi connectivity index (χ4n) is 1.20. The Labute approximate surface area is 75.7 Å². The predicted molar refractivity (Wildman–Crippen MR) is 50.9 cm³/mol. The summed E-state index contributed by atoms with van der Waals surface area (Å²) in [5, 5.41) is 9.51. The molecule has 2 rings (SSSR count). The number of aromatic nitrogens is 3. The van der Waals surface area contributed by atoms with Crippen LogP contribution in [0.3, 0.4) is 0 Å². The van der Waals surface area contributed by atoms with Gasteiger partial charge in [-0.3, -0.25) is 0 Å². The lowest BCUT2D eigenvalue weighted by molar-refractivity contribution is 1.09. The highest BCUT2D eigenvalue weighted by molar-refractivity contribution is 5.46. The zero-order valence-corrected chi connectivity index (χ0v) is 7.33. The number of nitrogen functional groups attached to an aromatic ring is 1. The number of allylic oxidation sites excluding steroid dienone is 3. The maximum absolute atomic E-state index is 5.38. The van der Waals surface area contributed by atoms with Gasteiger partial charge in [0.15, 0.2) is 0 Å². The van der Waals surface area contributed by atoms with Gasteiger partial charge in [0.2, 0.25) is 11.9 Å². The molecule has 1 aliphatic rings. The van der Waals surface area contributed by atoms with E-state index in [9.17, 15) is 0 Å². The molecule has 1 aromatic heterocycles. The minimum atomic E-state index is 0.322. The highest BCUT2D eigenvalue weighted by Crippen LogP contribution is 2.18. The minimum Gasteiger partial charge on any atom is -0.368 e. The molecule has 5 heteroatoms. The summed E-state index contributed by atoms with van der Waals surface area (Å²) in [6.07, 6.45) is 5.10. The van der Waals surface area contributed by atoms with Gasteiger partial charge in [-0.25, -0.2) is 5.10 Å². The number of anilines is 2. The van der Waals surface area contributed by atoms with Crippen molar-refractivity contribution in [2.45, 2.75) is 13.3 Å². The number of H-pyrrole nitrogens is 1. The Hall–Kier alpha value is -1.78. The van der Waals surface area contributed by atoms with Crippen LogP contribution < -0.4 is 11.1 Å². The van der Waals surface area contributed by atoms with Crippen molar-refractivity contribution in [1.82, 2.24) is 15.2 Å². The Kier molecular flexibility index (Phi) is 1.77. The standard InChI is InChI=1S/C8H11N5/c1-5-3-2-4-6(5)10-8-11-7(9)12-13-8/h2,4H,3H2,1H3,(H4,9,10,11,12,13). The molecule has 0 saturated heterocycles. The van der Waals surface area contributed by atoms with E-state index in [0.717, 1.165) is 12.1 Å². The predicted octanol–water partition coefficient (Wildman–Crippen LogP) is 1.03.